The molecule has 0 radical (unpaired) electrons. The molecule has 0 aliphatic rings. The molecular weight excluding hydrogens is 449 g/mol. The summed E-state index contributed by atoms with van der Waals surface area (Å²) in [4.78, 5) is 0. The van der Waals surface area contributed by atoms with Crippen molar-refractivity contribution in [2.45, 2.75) is 38.8 Å². The highest BCUT2D eigenvalue weighted by Gasteiger charge is 2.30. The van der Waals surface area contributed by atoms with Crippen molar-refractivity contribution in [2.24, 2.45) is 0 Å². The Morgan fingerprint density at radius 1 is 0.697 bits per heavy atom. The Labute approximate surface area is 186 Å². The van der Waals surface area contributed by atoms with Crippen molar-refractivity contribution < 1.29 is 35.5 Å². The molecule has 33 heavy (non-hydrogen) atoms. The Hall–Kier alpha value is -3.03. The molecule has 0 spiro atoms. The molecule has 0 bridgehead atoms. The third kappa shape index (κ3) is 6.27. The van der Waals surface area contributed by atoms with Crippen molar-refractivity contribution >= 4 is 0 Å². The van der Waals surface area contributed by atoms with Gasteiger partial charge in [-0.3, -0.25) is 0 Å². The maximum Gasteiger partial charge on any atom is 0.422 e. The first-order chi connectivity index (χ1) is 15.6. The summed E-state index contributed by atoms with van der Waals surface area (Å²) in [5, 5.41) is 0. The Kier molecular flexibility index (Phi) is 7.66. The number of ether oxygens (including phenoxy) is 1. The van der Waals surface area contributed by atoms with E-state index in [1.807, 2.05) is 12.1 Å². The minimum Gasteiger partial charge on any atom is -0.478 e. The van der Waals surface area contributed by atoms with Crippen molar-refractivity contribution in [2.75, 3.05) is 6.61 Å². The van der Waals surface area contributed by atoms with E-state index in [4.69, 9.17) is 0 Å². The predicted octanol–water partition coefficient (Wildman–Crippen LogP) is 8.25. The van der Waals surface area contributed by atoms with Gasteiger partial charge in [-0.2, -0.15) is 13.2 Å². The minimum atomic E-state index is -4.81. The maximum atomic E-state index is 14.8. The Morgan fingerprint density at radius 2 is 1.24 bits per heavy atom. The summed E-state index contributed by atoms with van der Waals surface area (Å²) in [5.74, 6) is -6.42. The van der Waals surface area contributed by atoms with E-state index >= 15 is 0 Å². The van der Waals surface area contributed by atoms with Gasteiger partial charge >= 0.3 is 6.18 Å². The van der Waals surface area contributed by atoms with Gasteiger partial charge in [0.05, 0.1) is 5.56 Å². The summed E-state index contributed by atoms with van der Waals surface area (Å²) in [7, 11) is 0. The van der Waals surface area contributed by atoms with Crippen LogP contribution in [0.1, 0.15) is 31.7 Å². The minimum absolute atomic E-state index is 0.236. The van der Waals surface area contributed by atoms with Crippen LogP contribution < -0.4 is 4.74 Å². The lowest BCUT2D eigenvalue weighted by Crippen LogP contribution is -2.20. The monoisotopic (exact) mass is 470 g/mol. The van der Waals surface area contributed by atoms with Crippen LogP contribution in [0.4, 0.5) is 30.7 Å². The lowest BCUT2D eigenvalue weighted by atomic mass is 9.97. The van der Waals surface area contributed by atoms with Crippen LogP contribution in [0.5, 0.6) is 5.75 Å². The van der Waals surface area contributed by atoms with Crippen LogP contribution in [-0.2, 0) is 6.42 Å². The third-order valence-corrected chi connectivity index (χ3v) is 5.07. The van der Waals surface area contributed by atoms with Crippen molar-refractivity contribution in [3.05, 3.63) is 77.4 Å². The molecule has 0 amide bonds. The molecule has 3 aromatic rings. The number of alkyl halides is 3. The van der Waals surface area contributed by atoms with E-state index in [-0.39, 0.29) is 5.56 Å². The predicted molar refractivity (Wildman–Crippen MR) is 112 cm³/mol. The zero-order valence-electron chi connectivity index (χ0n) is 17.7. The zero-order valence-corrected chi connectivity index (χ0v) is 17.7. The van der Waals surface area contributed by atoms with E-state index in [0.29, 0.717) is 17.7 Å². The number of aryl methyl sites for hydroxylation is 1. The van der Waals surface area contributed by atoms with Gasteiger partial charge in [-0.05, 0) is 59.4 Å². The fraction of sp³-hybridized carbons (Fsp3) is 0.280. The molecule has 1 nitrogen and oxygen atoms in total. The van der Waals surface area contributed by atoms with Gasteiger partial charge in [-0.25, -0.2) is 17.6 Å². The largest absolute Gasteiger partial charge is 0.478 e. The van der Waals surface area contributed by atoms with Crippen molar-refractivity contribution in [1.29, 1.82) is 0 Å². The Balaban J connectivity index is 1.87. The van der Waals surface area contributed by atoms with Gasteiger partial charge in [0.25, 0.3) is 0 Å². The van der Waals surface area contributed by atoms with Gasteiger partial charge in [0.2, 0.25) is 0 Å². The quantitative estimate of drug-likeness (QED) is 0.238. The van der Waals surface area contributed by atoms with Crippen LogP contribution in [0.25, 0.3) is 22.3 Å². The highest BCUT2D eigenvalue weighted by molar-refractivity contribution is 5.72. The molecule has 0 heterocycles. The number of unbranched alkanes of at least 4 members (excludes halogenated alkanes) is 2. The van der Waals surface area contributed by atoms with E-state index in [9.17, 15) is 30.7 Å². The fourth-order valence-electron chi connectivity index (χ4n) is 3.45. The second kappa shape index (κ2) is 10.3. The molecule has 0 saturated carbocycles. The molecule has 0 unspecified atom stereocenters. The second-order valence-corrected chi connectivity index (χ2v) is 7.64. The zero-order chi connectivity index (χ0) is 24.2. The Morgan fingerprint density at radius 3 is 1.76 bits per heavy atom. The summed E-state index contributed by atoms with van der Waals surface area (Å²) < 4.78 is 98.7. The molecule has 3 rings (SSSR count). The van der Waals surface area contributed by atoms with Crippen molar-refractivity contribution in [1.82, 2.24) is 0 Å². The summed E-state index contributed by atoms with van der Waals surface area (Å²) in [6, 6.07) is 10.4. The Bertz CT molecular complexity index is 1060. The molecule has 176 valence electrons. The molecule has 0 aromatic heterocycles. The molecule has 0 saturated heterocycles. The van der Waals surface area contributed by atoms with Crippen LogP contribution >= 0.6 is 0 Å². The second-order valence-electron chi connectivity index (χ2n) is 7.64. The molecular formula is C25H21F7O. The molecule has 0 N–H and O–H groups in total. The van der Waals surface area contributed by atoms with E-state index < -0.39 is 52.9 Å². The van der Waals surface area contributed by atoms with Crippen LogP contribution in [0.2, 0.25) is 0 Å². The van der Waals surface area contributed by atoms with Crippen molar-refractivity contribution in [3.63, 3.8) is 0 Å². The molecule has 0 aliphatic heterocycles. The first-order valence-electron chi connectivity index (χ1n) is 10.4. The third-order valence-electron chi connectivity index (χ3n) is 5.07. The van der Waals surface area contributed by atoms with Crippen LogP contribution in [0.15, 0.2) is 48.5 Å². The summed E-state index contributed by atoms with van der Waals surface area (Å²) in [6.07, 6.45) is -0.661. The highest BCUT2D eigenvalue weighted by Crippen LogP contribution is 2.35. The van der Waals surface area contributed by atoms with Gasteiger partial charge in [0.1, 0.15) is 11.6 Å². The molecule has 8 heteroatoms. The lowest BCUT2D eigenvalue weighted by Gasteiger charge is -2.13. The van der Waals surface area contributed by atoms with Gasteiger partial charge in [-0.1, -0.05) is 44.0 Å². The van der Waals surface area contributed by atoms with E-state index in [1.54, 1.807) is 12.1 Å². The molecule has 0 atom stereocenters. The smallest absolute Gasteiger partial charge is 0.422 e. The lowest BCUT2D eigenvalue weighted by molar-refractivity contribution is -0.154. The van der Waals surface area contributed by atoms with Crippen LogP contribution in [-0.4, -0.2) is 12.8 Å². The first kappa shape index (κ1) is 24.6. The van der Waals surface area contributed by atoms with Crippen LogP contribution in [0.3, 0.4) is 0 Å². The highest BCUT2D eigenvalue weighted by atomic mass is 19.4. The summed E-state index contributed by atoms with van der Waals surface area (Å²) in [5.41, 5.74) is 0.697. The standard InChI is InChI=1S/C25H21F7O/c1-2-3-4-5-15-6-8-16(9-7-15)17-10-19(26)23(20(27)11-17)18-12-21(28)24(22(29)13-18)33-14-25(30,31)32/h6-13H,2-5,14H2,1H3. The van der Waals surface area contributed by atoms with E-state index in [0.717, 1.165) is 43.4 Å². The molecule has 3 aromatic carbocycles. The topological polar surface area (TPSA) is 9.23 Å². The van der Waals surface area contributed by atoms with E-state index in [2.05, 4.69) is 11.7 Å². The van der Waals surface area contributed by atoms with Gasteiger partial charge in [0, 0.05) is 0 Å². The van der Waals surface area contributed by atoms with Crippen LogP contribution in [0, 0.1) is 23.3 Å². The normalized spacial score (nSPS) is 11.6. The maximum absolute atomic E-state index is 14.8. The SMILES string of the molecule is CCCCCc1ccc(-c2cc(F)c(-c3cc(F)c(OCC(F)(F)F)c(F)c3)c(F)c2)cc1. The number of hydrogen-bond donors (Lipinski definition) is 0. The number of halogens is 7. The van der Waals surface area contributed by atoms with Gasteiger partial charge in [-0.15, -0.1) is 0 Å². The van der Waals surface area contributed by atoms with Gasteiger partial charge in [0.15, 0.2) is 24.0 Å². The van der Waals surface area contributed by atoms with Crippen molar-refractivity contribution in [3.8, 4) is 28.0 Å². The molecule has 0 aliphatic carbocycles. The average Bonchev–Trinajstić information content (AvgIpc) is 2.72. The van der Waals surface area contributed by atoms with Gasteiger partial charge < -0.3 is 4.74 Å². The fourth-order valence-corrected chi connectivity index (χ4v) is 3.45. The summed E-state index contributed by atoms with van der Waals surface area (Å²) in [6.45, 7) is 0.198. The summed E-state index contributed by atoms with van der Waals surface area (Å²) >= 11 is 0. The number of benzene rings is 3. The number of hydrogen-bond acceptors (Lipinski definition) is 1. The average molecular weight is 470 g/mol. The first-order valence-corrected chi connectivity index (χ1v) is 10.4. The number of rotatable bonds is 8. The molecule has 0 fully saturated rings. The van der Waals surface area contributed by atoms with E-state index in [1.165, 1.54) is 0 Å².